The zero-order chi connectivity index (χ0) is 22.8. The maximum absolute atomic E-state index is 13.0. The van der Waals surface area contributed by atoms with E-state index in [9.17, 15) is 14.4 Å². The van der Waals surface area contributed by atoms with Crippen LogP contribution in [0.1, 0.15) is 37.9 Å². The summed E-state index contributed by atoms with van der Waals surface area (Å²) >= 11 is 0. The van der Waals surface area contributed by atoms with Gasteiger partial charge in [-0.3, -0.25) is 14.4 Å². The average molecular weight is 429 g/mol. The van der Waals surface area contributed by atoms with Gasteiger partial charge >= 0.3 is 0 Å². The van der Waals surface area contributed by atoms with Gasteiger partial charge in [-0.25, -0.2) is 4.98 Å². The van der Waals surface area contributed by atoms with Crippen molar-refractivity contribution in [3.8, 4) is 0 Å². The summed E-state index contributed by atoms with van der Waals surface area (Å²) in [5.74, 6) is -1.14. The SMILES string of the molecule is CC(C)C[C@H](NC(=O)[C@@H](N)Cc1cnc[nH]1)C(=O)N[C@H](CC(N)=O)Cc1ccccc1. The summed E-state index contributed by atoms with van der Waals surface area (Å²) in [5, 5.41) is 5.64. The molecule has 0 fully saturated rings. The van der Waals surface area contributed by atoms with Gasteiger partial charge in [-0.2, -0.15) is 0 Å². The molecule has 0 radical (unpaired) electrons. The van der Waals surface area contributed by atoms with Crippen LogP contribution in [0, 0.1) is 5.92 Å². The van der Waals surface area contributed by atoms with Gasteiger partial charge in [0, 0.05) is 30.8 Å². The summed E-state index contributed by atoms with van der Waals surface area (Å²) in [6.45, 7) is 3.92. The molecular formula is C22H32N6O3. The van der Waals surface area contributed by atoms with Gasteiger partial charge in [0.2, 0.25) is 17.7 Å². The van der Waals surface area contributed by atoms with Crippen molar-refractivity contribution in [2.24, 2.45) is 17.4 Å². The van der Waals surface area contributed by atoms with Crippen LogP contribution in [-0.4, -0.2) is 45.8 Å². The Hall–Kier alpha value is -3.20. The first kappa shape index (κ1) is 24.1. The number of aromatic nitrogens is 2. The number of carbonyl (C=O) groups is 3. The molecule has 0 saturated carbocycles. The highest BCUT2D eigenvalue weighted by Gasteiger charge is 2.27. The van der Waals surface area contributed by atoms with Gasteiger partial charge in [-0.1, -0.05) is 44.2 Å². The van der Waals surface area contributed by atoms with E-state index >= 15 is 0 Å². The summed E-state index contributed by atoms with van der Waals surface area (Å²) in [4.78, 5) is 43.9. The lowest BCUT2D eigenvalue weighted by atomic mass is 9.99. The standard InChI is InChI=1S/C22H32N6O3/c1-14(2)8-19(28-21(30)18(23)10-17-12-25-13-26-17)22(31)27-16(11-20(24)29)9-15-6-4-3-5-7-15/h3-7,12-14,16,18-19H,8-11,23H2,1-2H3,(H2,24,29)(H,25,26)(H,27,31)(H,28,30)/t16-,18-,19-/m0/s1. The van der Waals surface area contributed by atoms with Crippen LogP contribution < -0.4 is 22.1 Å². The predicted octanol–water partition coefficient (Wildman–Crippen LogP) is 0.413. The molecule has 31 heavy (non-hydrogen) atoms. The quantitative estimate of drug-likeness (QED) is 0.331. The Bertz CT molecular complexity index is 838. The van der Waals surface area contributed by atoms with Gasteiger partial charge in [-0.15, -0.1) is 0 Å². The molecule has 1 aromatic carbocycles. The lowest BCUT2D eigenvalue weighted by molar-refractivity contribution is -0.130. The topological polar surface area (TPSA) is 156 Å². The van der Waals surface area contributed by atoms with Crippen LogP contribution >= 0.6 is 0 Å². The fraction of sp³-hybridized carbons (Fsp3) is 0.455. The van der Waals surface area contributed by atoms with E-state index in [0.29, 0.717) is 12.8 Å². The number of H-pyrrole nitrogens is 1. The molecule has 2 aromatic rings. The zero-order valence-corrected chi connectivity index (χ0v) is 18.0. The van der Waals surface area contributed by atoms with Gasteiger partial charge in [0.15, 0.2) is 0 Å². The third kappa shape index (κ3) is 8.59. The normalized spacial score (nSPS) is 13.9. The molecule has 0 bridgehead atoms. The van der Waals surface area contributed by atoms with E-state index in [4.69, 9.17) is 11.5 Å². The highest BCUT2D eigenvalue weighted by molar-refractivity contribution is 5.90. The van der Waals surface area contributed by atoms with E-state index in [0.717, 1.165) is 11.3 Å². The van der Waals surface area contributed by atoms with E-state index in [1.807, 2.05) is 44.2 Å². The molecule has 0 spiro atoms. The Balaban J connectivity index is 2.04. The van der Waals surface area contributed by atoms with E-state index in [1.54, 1.807) is 6.20 Å². The van der Waals surface area contributed by atoms with Crippen molar-refractivity contribution in [2.75, 3.05) is 0 Å². The van der Waals surface area contributed by atoms with Crippen LogP contribution in [0.3, 0.4) is 0 Å². The Kier molecular flexibility index (Phi) is 9.20. The van der Waals surface area contributed by atoms with Crippen LogP contribution in [-0.2, 0) is 27.2 Å². The van der Waals surface area contributed by atoms with Crippen molar-refractivity contribution in [1.82, 2.24) is 20.6 Å². The summed E-state index contributed by atoms with van der Waals surface area (Å²) in [5.41, 5.74) is 13.1. The lowest BCUT2D eigenvalue weighted by Crippen LogP contribution is -2.54. The Morgan fingerprint density at radius 2 is 1.77 bits per heavy atom. The Morgan fingerprint density at radius 3 is 2.35 bits per heavy atom. The third-order valence-corrected chi connectivity index (χ3v) is 4.79. The molecule has 3 atom stereocenters. The van der Waals surface area contributed by atoms with E-state index < -0.39 is 29.9 Å². The van der Waals surface area contributed by atoms with E-state index in [-0.39, 0.29) is 24.7 Å². The monoisotopic (exact) mass is 428 g/mol. The number of carbonyl (C=O) groups excluding carboxylic acids is 3. The number of nitrogens with zero attached hydrogens (tertiary/aromatic N) is 1. The zero-order valence-electron chi connectivity index (χ0n) is 18.0. The number of amides is 3. The maximum Gasteiger partial charge on any atom is 0.242 e. The van der Waals surface area contributed by atoms with Crippen molar-refractivity contribution in [1.29, 1.82) is 0 Å². The summed E-state index contributed by atoms with van der Waals surface area (Å²) in [6, 6.07) is 7.44. The van der Waals surface area contributed by atoms with Crippen LogP contribution in [0.4, 0.5) is 0 Å². The van der Waals surface area contributed by atoms with Crippen LogP contribution in [0.2, 0.25) is 0 Å². The molecule has 168 valence electrons. The second-order valence-electron chi connectivity index (χ2n) is 8.14. The number of hydrogen-bond acceptors (Lipinski definition) is 5. The molecule has 0 aliphatic rings. The van der Waals surface area contributed by atoms with Gasteiger partial charge in [-0.05, 0) is 24.3 Å². The van der Waals surface area contributed by atoms with Crippen LogP contribution in [0.15, 0.2) is 42.9 Å². The number of hydrogen-bond donors (Lipinski definition) is 5. The van der Waals surface area contributed by atoms with Gasteiger partial charge in [0.25, 0.3) is 0 Å². The number of primary amides is 1. The van der Waals surface area contributed by atoms with Crippen molar-refractivity contribution in [2.45, 2.75) is 57.7 Å². The molecule has 1 aromatic heterocycles. The minimum atomic E-state index is -0.825. The molecule has 7 N–H and O–H groups in total. The number of nitrogens with one attached hydrogen (secondary N) is 3. The lowest BCUT2D eigenvalue weighted by Gasteiger charge is -2.25. The minimum Gasteiger partial charge on any atom is -0.370 e. The fourth-order valence-corrected chi connectivity index (χ4v) is 3.33. The Morgan fingerprint density at radius 1 is 1.06 bits per heavy atom. The van der Waals surface area contributed by atoms with Gasteiger partial charge < -0.3 is 27.1 Å². The Labute approximate surface area is 182 Å². The summed E-state index contributed by atoms with van der Waals surface area (Å²) in [6.07, 6.45) is 4.28. The maximum atomic E-state index is 13.0. The molecule has 2 rings (SSSR count). The highest BCUT2D eigenvalue weighted by atomic mass is 16.2. The average Bonchev–Trinajstić information content (AvgIpc) is 3.20. The van der Waals surface area contributed by atoms with Crippen LogP contribution in [0.25, 0.3) is 0 Å². The van der Waals surface area contributed by atoms with Crippen molar-refractivity contribution in [3.05, 3.63) is 54.1 Å². The first-order chi connectivity index (χ1) is 14.7. The molecule has 3 amide bonds. The predicted molar refractivity (Wildman–Crippen MR) is 118 cm³/mol. The number of benzene rings is 1. The fourth-order valence-electron chi connectivity index (χ4n) is 3.33. The van der Waals surface area contributed by atoms with E-state index in [1.165, 1.54) is 6.33 Å². The van der Waals surface area contributed by atoms with Crippen molar-refractivity contribution >= 4 is 17.7 Å². The molecule has 0 saturated heterocycles. The smallest absolute Gasteiger partial charge is 0.242 e. The number of aromatic amines is 1. The summed E-state index contributed by atoms with van der Waals surface area (Å²) < 4.78 is 0. The largest absolute Gasteiger partial charge is 0.370 e. The summed E-state index contributed by atoms with van der Waals surface area (Å²) in [7, 11) is 0. The highest BCUT2D eigenvalue weighted by Crippen LogP contribution is 2.10. The van der Waals surface area contributed by atoms with E-state index in [2.05, 4.69) is 20.6 Å². The molecule has 1 heterocycles. The third-order valence-electron chi connectivity index (χ3n) is 4.79. The van der Waals surface area contributed by atoms with Crippen LogP contribution in [0.5, 0.6) is 0 Å². The molecule has 0 aliphatic heterocycles. The molecular weight excluding hydrogens is 396 g/mol. The first-order valence-electron chi connectivity index (χ1n) is 10.4. The first-order valence-corrected chi connectivity index (χ1v) is 10.4. The molecule has 0 aliphatic carbocycles. The number of rotatable bonds is 12. The molecule has 9 nitrogen and oxygen atoms in total. The molecule has 0 unspecified atom stereocenters. The van der Waals surface area contributed by atoms with Gasteiger partial charge in [0.1, 0.15) is 6.04 Å². The minimum absolute atomic E-state index is 0.00230. The number of imidazole rings is 1. The number of nitrogens with two attached hydrogens (primary N) is 2. The van der Waals surface area contributed by atoms with Crippen molar-refractivity contribution < 1.29 is 14.4 Å². The second kappa shape index (κ2) is 11.8. The molecule has 9 heteroatoms. The van der Waals surface area contributed by atoms with Crippen molar-refractivity contribution in [3.63, 3.8) is 0 Å². The van der Waals surface area contributed by atoms with Gasteiger partial charge in [0.05, 0.1) is 12.4 Å². The second-order valence-corrected chi connectivity index (χ2v) is 8.14.